The van der Waals surface area contributed by atoms with Crippen molar-refractivity contribution >= 4 is 11.9 Å². The normalized spacial score (nSPS) is 18.2. The average molecular weight is 1240 g/mol. The van der Waals surface area contributed by atoms with E-state index in [1.165, 1.54) is 295 Å². The summed E-state index contributed by atoms with van der Waals surface area (Å²) < 4.78 is 17.7. The predicted octanol–water partition coefficient (Wildman–Crippen LogP) is 20.2. The topological polar surface area (TPSA) is 175 Å². The van der Waals surface area contributed by atoms with Gasteiger partial charge in [-0.2, -0.15) is 0 Å². The molecule has 1 aliphatic heterocycles. The second kappa shape index (κ2) is 64.5. The number of esters is 1. The first kappa shape index (κ1) is 83.4. The number of aliphatic hydroxyl groups is 5. The van der Waals surface area contributed by atoms with Crippen molar-refractivity contribution in [3.63, 3.8) is 0 Å². The molecule has 0 aromatic carbocycles. The quantitative estimate of drug-likeness (QED) is 0.0195. The van der Waals surface area contributed by atoms with Crippen LogP contribution in [0.25, 0.3) is 0 Å². The molecule has 0 aromatic rings. The Kier molecular flexibility index (Phi) is 61.8. The highest BCUT2D eigenvalue weighted by Gasteiger charge is 2.47. The van der Waals surface area contributed by atoms with Gasteiger partial charge in [0.25, 0.3) is 0 Å². The summed E-state index contributed by atoms with van der Waals surface area (Å²) in [6.07, 6.45) is 67.1. The highest BCUT2D eigenvalue weighted by atomic mass is 16.7. The number of rotatable bonds is 68. The number of aliphatic hydroxyl groups excluding tert-OH is 5. The summed E-state index contributed by atoms with van der Waals surface area (Å²) in [6.45, 7) is 5.87. The molecule has 87 heavy (non-hydrogen) atoms. The van der Waals surface area contributed by atoms with Crippen molar-refractivity contribution < 1.29 is 49.3 Å². The van der Waals surface area contributed by atoms with Gasteiger partial charge in [-0.05, 0) is 25.7 Å². The molecule has 8 atom stereocenters. The maximum atomic E-state index is 13.5. The third kappa shape index (κ3) is 51.6. The summed E-state index contributed by atoms with van der Waals surface area (Å²) in [4.78, 5) is 26.7. The zero-order chi connectivity index (χ0) is 63.1. The fourth-order valence-corrected chi connectivity index (χ4v) is 12.7. The molecular formula is C76H147NO10. The Labute approximate surface area is 538 Å². The van der Waals surface area contributed by atoms with E-state index in [1.807, 2.05) is 6.08 Å². The Morgan fingerprint density at radius 3 is 1.08 bits per heavy atom. The van der Waals surface area contributed by atoms with E-state index in [0.29, 0.717) is 19.3 Å². The van der Waals surface area contributed by atoms with Gasteiger partial charge in [-0.1, -0.05) is 380 Å². The molecule has 0 spiro atoms. The minimum atomic E-state index is -1.61. The molecular weight excluding hydrogens is 1090 g/mol. The van der Waals surface area contributed by atoms with Crippen LogP contribution in [0.2, 0.25) is 0 Å². The van der Waals surface area contributed by atoms with Crippen LogP contribution in [-0.2, 0) is 23.8 Å². The van der Waals surface area contributed by atoms with E-state index >= 15 is 0 Å². The SMILES string of the molecule is CCCCCCCCCCC/C=C/C(O)C(COC1OC(CO)C(O)C(O)C1OC(=O)CCCCCCCCCCCCCCCCCCCCCCCCC)NC(=O)C(O)CCCCCCCCCCCCCCCCCCCCCCCCCC. The lowest BCUT2D eigenvalue weighted by Crippen LogP contribution is -2.61. The molecule has 0 aromatic heterocycles. The Bertz CT molecular complexity index is 1470. The van der Waals surface area contributed by atoms with Crippen LogP contribution in [0.4, 0.5) is 0 Å². The zero-order valence-electron chi connectivity index (χ0n) is 57.7. The van der Waals surface area contributed by atoms with Crippen LogP contribution in [0.5, 0.6) is 0 Å². The van der Waals surface area contributed by atoms with E-state index in [0.717, 1.165) is 57.8 Å². The monoisotopic (exact) mass is 1230 g/mol. The van der Waals surface area contributed by atoms with E-state index in [-0.39, 0.29) is 13.0 Å². The van der Waals surface area contributed by atoms with Crippen LogP contribution < -0.4 is 5.32 Å². The summed E-state index contributed by atoms with van der Waals surface area (Å²) in [5.41, 5.74) is 0. The van der Waals surface area contributed by atoms with Gasteiger partial charge in [0.15, 0.2) is 12.4 Å². The molecule has 1 amide bonds. The first-order valence-electron chi connectivity index (χ1n) is 38.5. The van der Waals surface area contributed by atoms with Gasteiger partial charge < -0.3 is 45.1 Å². The third-order valence-corrected chi connectivity index (χ3v) is 18.7. The fraction of sp³-hybridized carbons (Fsp3) is 0.947. The summed E-state index contributed by atoms with van der Waals surface area (Å²) in [7, 11) is 0. The highest BCUT2D eigenvalue weighted by molar-refractivity contribution is 5.80. The molecule has 1 heterocycles. The summed E-state index contributed by atoms with van der Waals surface area (Å²) in [5, 5.41) is 57.3. The van der Waals surface area contributed by atoms with Crippen molar-refractivity contribution in [2.24, 2.45) is 0 Å². The number of amides is 1. The molecule has 0 radical (unpaired) electrons. The molecule has 1 rings (SSSR count). The van der Waals surface area contributed by atoms with Gasteiger partial charge in [-0.25, -0.2) is 0 Å². The fourth-order valence-electron chi connectivity index (χ4n) is 12.7. The molecule has 1 fully saturated rings. The second-order valence-corrected chi connectivity index (χ2v) is 27.1. The summed E-state index contributed by atoms with van der Waals surface area (Å²) in [5.74, 6) is -1.17. The zero-order valence-corrected chi connectivity index (χ0v) is 57.7. The van der Waals surface area contributed by atoms with Crippen LogP contribution in [0.15, 0.2) is 12.2 Å². The van der Waals surface area contributed by atoms with Gasteiger partial charge in [0, 0.05) is 6.42 Å². The number of hydrogen-bond donors (Lipinski definition) is 6. The number of unbranched alkanes of at least 4 members (excludes halogenated alkanes) is 54. The molecule has 0 aliphatic carbocycles. The molecule has 0 saturated carbocycles. The maximum absolute atomic E-state index is 13.5. The van der Waals surface area contributed by atoms with E-state index in [4.69, 9.17) is 14.2 Å². The van der Waals surface area contributed by atoms with E-state index in [1.54, 1.807) is 6.08 Å². The predicted molar refractivity (Wildman–Crippen MR) is 366 cm³/mol. The lowest BCUT2D eigenvalue weighted by atomic mass is 9.99. The first-order valence-corrected chi connectivity index (χ1v) is 38.5. The number of ether oxygens (including phenoxy) is 3. The lowest BCUT2D eigenvalue weighted by molar-refractivity contribution is -0.305. The van der Waals surface area contributed by atoms with Gasteiger partial charge in [-0.15, -0.1) is 0 Å². The Morgan fingerprint density at radius 1 is 0.437 bits per heavy atom. The minimum absolute atomic E-state index is 0.132. The van der Waals surface area contributed by atoms with Crippen molar-refractivity contribution in [1.82, 2.24) is 5.32 Å². The summed E-state index contributed by atoms with van der Waals surface area (Å²) >= 11 is 0. The van der Waals surface area contributed by atoms with Gasteiger partial charge in [0.2, 0.25) is 5.91 Å². The van der Waals surface area contributed by atoms with Crippen molar-refractivity contribution in [2.45, 2.75) is 449 Å². The van der Waals surface area contributed by atoms with E-state index in [2.05, 4.69) is 26.1 Å². The van der Waals surface area contributed by atoms with Crippen molar-refractivity contribution in [3.05, 3.63) is 12.2 Å². The molecule has 11 heteroatoms. The minimum Gasteiger partial charge on any atom is -0.454 e. The molecule has 0 bridgehead atoms. The lowest BCUT2D eigenvalue weighted by Gasteiger charge is -2.41. The Morgan fingerprint density at radius 2 is 0.747 bits per heavy atom. The van der Waals surface area contributed by atoms with Crippen LogP contribution in [-0.4, -0.2) is 99.6 Å². The van der Waals surface area contributed by atoms with E-state index < -0.39 is 67.4 Å². The largest absolute Gasteiger partial charge is 0.454 e. The molecule has 1 saturated heterocycles. The summed E-state index contributed by atoms with van der Waals surface area (Å²) in [6, 6.07) is -1.02. The van der Waals surface area contributed by atoms with Gasteiger partial charge >= 0.3 is 5.97 Å². The average Bonchev–Trinajstić information content (AvgIpc) is 3.71. The Balaban J connectivity index is 2.48. The standard InChI is InChI=1S/C76H147NO10/c1-4-7-10-13-16-19-22-24-26-28-30-32-34-36-37-39-41-43-45-48-51-54-57-60-63-69(80)75(84)77-67(68(79)62-59-56-53-50-47-21-18-15-12-9-6-3)66-85-76-74(73(83)72(82)70(65-78)86-76)87-71(81)64-61-58-55-52-49-46-44-42-40-38-35-33-31-29-27-25-23-20-17-14-11-8-5-2/h59,62,67-70,72-74,76,78-80,82-83H,4-58,60-61,63-66H2,1-3H3,(H,77,84)/b62-59+. The van der Waals surface area contributed by atoms with Crippen molar-refractivity contribution in [3.8, 4) is 0 Å². The number of hydrogen-bond acceptors (Lipinski definition) is 10. The number of carbonyl (C=O) groups excluding carboxylic acids is 2. The number of carbonyl (C=O) groups is 2. The molecule has 1 aliphatic rings. The van der Waals surface area contributed by atoms with Gasteiger partial charge in [0.1, 0.15) is 24.4 Å². The molecule has 516 valence electrons. The number of allylic oxidation sites excluding steroid dienone is 1. The highest BCUT2D eigenvalue weighted by Crippen LogP contribution is 2.27. The van der Waals surface area contributed by atoms with Crippen molar-refractivity contribution in [2.75, 3.05) is 13.2 Å². The van der Waals surface area contributed by atoms with Crippen LogP contribution in [0.3, 0.4) is 0 Å². The van der Waals surface area contributed by atoms with Crippen LogP contribution in [0, 0.1) is 0 Å². The first-order chi connectivity index (χ1) is 42.7. The molecule has 8 unspecified atom stereocenters. The molecule has 6 N–H and O–H groups in total. The Hall–Kier alpha value is -1.60. The maximum Gasteiger partial charge on any atom is 0.306 e. The second-order valence-electron chi connectivity index (χ2n) is 27.1. The number of nitrogens with one attached hydrogen (secondary N) is 1. The van der Waals surface area contributed by atoms with Gasteiger partial charge in [-0.3, -0.25) is 9.59 Å². The molecule has 11 nitrogen and oxygen atoms in total. The van der Waals surface area contributed by atoms with Crippen LogP contribution >= 0.6 is 0 Å². The van der Waals surface area contributed by atoms with Crippen LogP contribution in [0.1, 0.15) is 400 Å². The van der Waals surface area contributed by atoms with E-state index in [9.17, 15) is 35.1 Å². The third-order valence-electron chi connectivity index (χ3n) is 18.7. The smallest absolute Gasteiger partial charge is 0.306 e. The van der Waals surface area contributed by atoms with Gasteiger partial charge in [0.05, 0.1) is 25.4 Å². The van der Waals surface area contributed by atoms with Crippen molar-refractivity contribution in [1.29, 1.82) is 0 Å².